The molecule has 1 saturated heterocycles. The van der Waals surface area contributed by atoms with Crippen molar-refractivity contribution in [1.29, 1.82) is 0 Å². The third-order valence-corrected chi connectivity index (χ3v) is 6.03. The Bertz CT molecular complexity index is 810. The highest BCUT2D eigenvalue weighted by Crippen LogP contribution is 2.16. The normalized spacial score (nSPS) is 14.6. The summed E-state index contributed by atoms with van der Waals surface area (Å²) < 4.78 is 5.73. The Morgan fingerprint density at radius 3 is 2.87 bits per heavy atom. The number of rotatable bonds is 12. The van der Waals surface area contributed by atoms with Crippen molar-refractivity contribution in [3.05, 3.63) is 60.4 Å². The van der Waals surface area contributed by atoms with Crippen LogP contribution < -0.4 is 10.1 Å². The molecule has 0 unspecified atom stereocenters. The fourth-order valence-corrected chi connectivity index (χ4v) is 4.20. The number of thioether (sulfide) groups is 1. The lowest BCUT2D eigenvalue weighted by atomic mass is 10.1. The summed E-state index contributed by atoms with van der Waals surface area (Å²) in [6.45, 7) is 4.27. The molecule has 1 aliphatic heterocycles. The third-order valence-electron chi connectivity index (χ3n) is 5.00. The van der Waals surface area contributed by atoms with Crippen molar-refractivity contribution in [2.75, 3.05) is 32.0 Å². The van der Waals surface area contributed by atoms with Crippen molar-refractivity contribution in [3.8, 4) is 5.88 Å². The van der Waals surface area contributed by atoms with Gasteiger partial charge in [-0.25, -0.2) is 9.97 Å². The van der Waals surface area contributed by atoms with Crippen LogP contribution in [-0.2, 0) is 11.3 Å². The topological polar surface area (TPSA) is 67.3 Å². The van der Waals surface area contributed by atoms with E-state index in [4.69, 9.17) is 4.74 Å². The number of amides is 1. The van der Waals surface area contributed by atoms with Crippen LogP contribution >= 0.6 is 11.8 Å². The van der Waals surface area contributed by atoms with E-state index in [1.54, 1.807) is 18.0 Å². The lowest BCUT2D eigenvalue weighted by molar-refractivity contribution is -0.120. The summed E-state index contributed by atoms with van der Waals surface area (Å²) in [6, 6.07) is 9.94. The second kappa shape index (κ2) is 13.8. The van der Waals surface area contributed by atoms with Crippen LogP contribution in [0.5, 0.6) is 5.88 Å². The van der Waals surface area contributed by atoms with Gasteiger partial charge in [-0.1, -0.05) is 18.6 Å². The van der Waals surface area contributed by atoms with Gasteiger partial charge in [0.1, 0.15) is 6.61 Å². The minimum atomic E-state index is 0.0688. The van der Waals surface area contributed by atoms with Crippen LogP contribution in [0.15, 0.2) is 59.9 Å². The van der Waals surface area contributed by atoms with E-state index < -0.39 is 0 Å². The average Bonchev–Trinajstić information content (AvgIpc) is 2.81. The van der Waals surface area contributed by atoms with Crippen molar-refractivity contribution in [2.24, 2.45) is 0 Å². The Kier molecular flexibility index (Phi) is 10.4. The molecule has 3 heterocycles. The van der Waals surface area contributed by atoms with E-state index in [0.717, 1.165) is 23.7 Å². The van der Waals surface area contributed by atoms with Gasteiger partial charge in [-0.2, -0.15) is 0 Å². The quantitative estimate of drug-likeness (QED) is 0.305. The minimum absolute atomic E-state index is 0.0688. The van der Waals surface area contributed by atoms with Crippen LogP contribution in [0.25, 0.3) is 0 Å². The van der Waals surface area contributed by atoms with Crippen LogP contribution in [0.1, 0.15) is 37.7 Å². The van der Waals surface area contributed by atoms with E-state index in [2.05, 4.69) is 26.3 Å². The molecule has 2 aromatic heterocycles. The van der Waals surface area contributed by atoms with E-state index in [1.807, 2.05) is 42.6 Å². The van der Waals surface area contributed by atoms with Crippen molar-refractivity contribution in [3.63, 3.8) is 0 Å². The molecule has 3 rings (SSSR count). The second-order valence-electron chi connectivity index (χ2n) is 7.55. The number of aromatic nitrogens is 2. The van der Waals surface area contributed by atoms with Gasteiger partial charge in [0.15, 0.2) is 0 Å². The van der Waals surface area contributed by atoms with Gasteiger partial charge in [-0.15, -0.1) is 11.8 Å². The molecule has 1 fully saturated rings. The predicted molar refractivity (Wildman–Crippen MR) is 125 cm³/mol. The van der Waals surface area contributed by atoms with E-state index in [0.29, 0.717) is 25.5 Å². The summed E-state index contributed by atoms with van der Waals surface area (Å²) in [4.78, 5) is 22.9. The first-order chi connectivity index (χ1) is 15.3. The summed E-state index contributed by atoms with van der Waals surface area (Å²) in [6.07, 6.45) is 12.7. The number of carbonyl (C=O) groups excluding carboxylic acids is 1. The molecule has 0 aromatic carbocycles. The Balaban J connectivity index is 1.24. The van der Waals surface area contributed by atoms with E-state index in [1.165, 1.54) is 37.9 Å². The molecule has 0 spiro atoms. The first kappa shape index (κ1) is 23.3. The summed E-state index contributed by atoms with van der Waals surface area (Å²) in [7, 11) is 0. The molecule has 1 aliphatic rings. The van der Waals surface area contributed by atoms with Gasteiger partial charge in [0.25, 0.3) is 0 Å². The molecule has 31 heavy (non-hydrogen) atoms. The highest BCUT2D eigenvalue weighted by molar-refractivity contribution is 7.99. The van der Waals surface area contributed by atoms with Crippen LogP contribution in [0.2, 0.25) is 0 Å². The summed E-state index contributed by atoms with van der Waals surface area (Å²) in [5, 5.41) is 3.90. The van der Waals surface area contributed by atoms with Crippen molar-refractivity contribution in [1.82, 2.24) is 20.2 Å². The average molecular weight is 441 g/mol. The van der Waals surface area contributed by atoms with Gasteiger partial charge in [-0.3, -0.25) is 9.69 Å². The highest BCUT2D eigenvalue weighted by Gasteiger charge is 2.10. The zero-order valence-corrected chi connectivity index (χ0v) is 18.9. The fourth-order valence-electron chi connectivity index (χ4n) is 3.39. The fraction of sp³-hybridized carbons (Fsp3) is 0.458. The number of likely N-dealkylation sites (tertiary alicyclic amines) is 1. The largest absolute Gasteiger partial charge is 0.473 e. The second-order valence-corrected chi connectivity index (χ2v) is 8.66. The van der Waals surface area contributed by atoms with E-state index >= 15 is 0 Å². The first-order valence-corrected chi connectivity index (χ1v) is 12.0. The Hall–Kier alpha value is -2.38. The predicted octanol–water partition coefficient (Wildman–Crippen LogP) is 4.09. The van der Waals surface area contributed by atoms with Crippen LogP contribution in [0.3, 0.4) is 0 Å². The molecular weight excluding hydrogens is 408 g/mol. The minimum Gasteiger partial charge on any atom is -0.473 e. The standard InChI is InChI=1S/C24H32N4O2S/c29-22(9-8-18-31-24-10-2-3-13-27-24)25-12-4-7-17-30-23-19-21(11-14-26-23)20-28-15-5-1-6-16-28/h2-4,7,10-11,13-14,19H,1,5-6,8-9,12,15-18,20H2,(H,25,29). The molecule has 1 amide bonds. The molecule has 0 bridgehead atoms. The Morgan fingerprint density at radius 2 is 2.03 bits per heavy atom. The molecular formula is C24H32N4O2S. The lowest BCUT2D eigenvalue weighted by Gasteiger charge is -2.26. The summed E-state index contributed by atoms with van der Waals surface area (Å²) in [5.41, 5.74) is 1.24. The zero-order chi connectivity index (χ0) is 21.6. The number of nitrogens with zero attached hydrogens (tertiary/aromatic N) is 3. The molecule has 0 radical (unpaired) electrons. The van der Waals surface area contributed by atoms with Gasteiger partial charge < -0.3 is 10.1 Å². The number of ether oxygens (including phenoxy) is 1. The van der Waals surface area contributed by atoms with Crippen LogP contribution in [0.4, 0.5) is 0 Å². The first-order valence-electron chi connectivity index (χ1n) is 11.1. The van der Waals surface area contributed by atoms with Gasteiger partial charge in [0.05, 0.1) is 5.03 Å². The SMILES string of the molecule is O=C(CCCSc1ccccn1)NCC=CCOc1cc(CN2CCCCC2)ccn1. The van der Waals surface area contributed by atoms with E-state index in [9.17, 15) is 4.79 Å². The summed E-state index contributed by atoms with van der Waals surface area (Å²) >= 11 is 1.68. The molecule has 0 atom stereocenters. The van der Waals surface area contributed by atoms with Crippen molar-refractivity contribution >= 4 is 17.7 Å². The smallest absolute Gasteiger partial charge is 0.220 e. The number of carbonyl (C=O) groups is 1. The maximum atomic E-state index is 11.9. The molecule has 2 aromatic rings. The third kappa shape index (κ3) is 9.53. The van der Waals surface area contributed by atoms with Crippen LogP contribution in [0, 0.1) is 0 Å². The molecule has 0 aliphatic carbocycles. The Labute approximate surface area is 189 Å². The van der Waals surface area contributed by atoms with Crippen molar-refractivity contribution < 1.29 is 9.53 Å². The van der Waals surface area contributed by atoms with E-state index in [-0.39, 0.29) is 5.91 Å². The monoisotopic (exact) mass is 440 g/mol. The Morgan fingerprint density at radius 1 is 1.13 bits per heavy atom. The number of piperidine rings is 1. The number of nitrogens with one attached hydrogen (secondary N) is 1. The van der Waals surface area contributed by atoms with Crippen molar-refractivity contribution in [2.45, 2.75) is 43.7 Å². The maximum absolute atomic E-state index is 11.9. The molecule has 6 nitrogen and oxygen atoms in total. The van der Waals surface area contributed by atoms with Gasteiger partial charge in [0, 0.05) is 38.0 Å². The maximum Gasteiger partial charge on any atom is 0.220 e. The number of hydrogen-bond donors (Lipinski definition) is 1. The lowest BCUT2D eigenvalue weighted by Crippen LogP contribution is -2.29. The van der Waals surface area contributed by atoms with Crippen LogP contribution in [-0.4, -0.2) is 52.8 Å². The summed E-state index contributed by atoms with van der Waals surface area (Å²) in [5.74, 6) is 1.60. The van der Waals surface area contributed by atoms with Gasteiger partial charge in [-0.05, 0) is 67.9 Å². The zero-order valence-electron chi connectivity index (χ0n) is 18.0. The number of pyridine rings is 2. The van der Waals surface area contributed by atoms with Gasteiger partial charge >= 0.3 is 0 Å². The molecule has 1 N–H and O–H groups in total. The molecule has 0 saturated carbocycles. The number of hydrogen-bond acceptors (Lipinski definition) is 6. The highest BCUT2D eigenvalue weighted by atomic mass is 32.2. The molecule has 7 heteroatoms. The molecule has 166 valence electrons. The van der Waals surface area contributed by atoms with Gasteiger partial charge in [0.2, 0.25) is 11.8 Å².